The minimum atomic E-state index is -0.852. The van der Waals surface area contributed by atoms with E-state index in [1.165, 1.54) is 17.3 Å². The number of hydrogen-bond acceptors (Lipinski definition) is 4. The maximum atomic E-state index is 13.4. The molecule has 1 rings (SSSR count). The number of amides is 1. The van der Waals surface area contributed by atoms with E-state index in [1.807, 2.05) is 0 Å². The van der Waals surface area contributed by atoms with Gasteiger partial charge in [-0.3, -0.25) is 4.79 Å². The molecule has 0 aliphatic heterocycles. The van der Waals surface area contributed by atoms with Crippen molar-refractivity contribution in [3.63, 3.8) is 0 Å². The molecule has 0 aromatic carbocycles. The molecule has 0 bridgehead atoms. The van der Waals surface area contributed by atoms with E-state index in [2.05, 4.69) is 31.4 Å². The first-order valence-corrected chi connectivity index (χ1v) is 6.87. The normalized spacial score (nSPS) is 10.9. The number of halogens is 4. The highest BCUT2D eigenvalue weighted by Crippen LogP contribution is 2.30. The Balaban J connectivity index is 3.10. The monoisotopic (exact) mass is 359 g/mol. The van der Waals surface area contributed by atoms with Gasteiger partial charge >= 0.3 is 0 Å². The molecule has 0 saturated carbocycles. The first-order valence-electron chi connectivity index (χ1n) is 4.03. The van der Waals surface area contributed by atoms with Crippen molar-refractivity contribution in [3.05, 3.63) is 26.2 Å². The highest BCUT2D eigenvalue weighted by Gasteiger charge is 2.21. The summed E-state index contributed by atoms with van der Waals surface area (Å²) in [4.78, 5) is 15.1. The number of hydrogen-bond donors (Lipinski definition) is 1. The lowest BCUT2D eigenvalue weighted by atomic mass is 10.2. The van der Waals surface area contributed by atoms with E-state index >= 15 is 0 Å². The summed E-state index contributed by atoms with van der Waals surface area (Å²) in [6, 6.07) is 0. The topological polar surface area (TPSA) is 54.4 Å². The number of nitrogens with zero attached hydrogens (tertiary/aromatic N) is 2. The molecule has 1 aromatic heterocycles. The molecule has 9 heteroatoms. The van der Waals surface area contributed by atoms with Gasteiger partial charge in [0.25, 0.3) is 5.91 Å². The van der Waals surface area contributed by atoms with Gasteiger partial charge in [0.05, 0.1) is 15.6 Å². The fourth-order valence-electron chi connectivity index (χ4n) is 0.869. The summed E-state index contributed by atoms with van der Waals surface area (Å²) < 4.78 is 13.2. The van der Waals surface area contributed by atoms with Crippen molar-refractivity contribution in [2.45, 2.75) is 0 Å². The average Bonchev–Trinajstić information content (AvgIpc) is 2.26. The Morgan fingerprint density at radius 3 is 2.82 bits per heavy atom. The largest absolute Gasteiger partial charge is 0.275 e. The molecular weight excluding hydrogens is 356 g/mol. The van der Waals surface area contributed by atoms with Crippen LogP contribution in [0.15, 0.2) is 9.57 Å². The molecule has 1 N–H and O–H groups in total. The second-order valence-electron chi connectivity index (χ2n) is 2.61. The molecule has 0 atom stereocenters. The number of carbonyl (C=O) groups excluding carboxylic acids is 1. The Morgan fingerprint density at radius 2 is 2.24 bits per heavy atom. The van der Waals surface area contributed by atoms with E-state index in [1.54, 1.807) is 6.26 Å². The van der Waals surface area contributed by atoms with Gasteiger partial charge in [0.2, 0.25) is 0 Å². The SMILES string of the molecule is CSC=NNC(=O)c1c(Cl)nc(Cl)c(F)c1Br. The summed E-state index contributed by atoms with van der Waals surface area (Å²) >= 11 is 15.3. The van der Waals surface area contributed by atoms with E-state index in [4.69, 9.17) is 23.2 Å². The lowest BCUT2D eigenvalue weighted by Gasteiger charge is -2.06. The molecule has 4 nitrogen and oxygen atoms in total. The van der Waals surface area contributed by atoms with E-state index in [9.17, 15) is 9.18 Å². The second kappa shape index (κ2) is 6.53. The molecule has 0 aliphatic rings. The number of rotatable bonds is 3. The third kappa shape index (κ3) is 3.54. The molecule has 17 heavy (non-hydrogen) atoms. The van der Waals surface area contributed by atoms with Crippen molar-refractivity contribution >= 4 is 62.3 Å². The van der Waals surface area contributed by atoms with Crippen LogP contribution in [-0.2, 0) is 0 Å². The zero-order chi connectivity index (χ0) is 13.0. The quantitative estimate of drug-likeness (QED) is 0.389. The van der Waals surface area contributed by atoms with Crippen molar-refractivity contribution in [3.8, 4) is 0 Å². The first kappa shape index (κ1) is 14.7. The van der Waals surface area contributed by atoms with Gasteiger partial charge in [-0.1, -0.05) is 23.2 Å². The smallest absolute Gasteiger partial charge is 0.267 e. The van der Waals surface area contributed by atoms with Crippen LogP contribution in [0.2, 0.25) is 10.3 Å². The highest BCUT2D eigenvalue weighted by atomic mass is 79.9. The second-order valence-corrected chi connectivity index (χ2v) is 4.80. The van der Waals surface area contributed by atoms with Crippen LogP contribution in [0.5, 0.6) is 0 Å². The molecule has 1 aromatic rings. The average molecular weight is 361 g/mol. The molecule has 0 saturated heterocycles. The first-order chi connectivity index (χ1) is 7.99. The van der Waals surface area contributed by atoms with E-state index in [-0.39, 0.29) is 15.2 Å². The number of pyridine rings is 1. The number of aromatic nitrogens is 1. The standard InChI is InChI=1S/C8H5BrCl2FN3OS/c1-17-2-13-15-8(16)3-4(9)5(12)7(11)14-6(3)10/h2H,1H3,(H,15,16). The zero-order valence-corrected chi connectivity index (χ0v) is 12.2. The van der Waals surface area contributed by atoms with Crippen LogP contribution >= 0.6 is 50.9 Å². The summed E-state index contributed by atoms with van der Waals surface area (Å²) in [5.41, 5.74) is 3.42. The minimum absolute atomic E-state index is 0.153. The third-order valence-corrected chi connectivity index (χ3v) is 3.13. The summed E-state index contributed by atoms with van der Waals surface area (Å²) in [7, 11) is 0. The highest BCUT2D eigenvalue weighted by molar-refractivity contribution is 9.10. The van der Waals surface area contributed by atoms with Gasteiger partial charge in [0.1, 0.15) is 5.15 Å². The predicted molar refractivity (Wildman–Crippen MR) is 71.4 cm³/mol. The van der Waals surface area contributed by atoms with E-state index < -0.39 is 16.9 Å². The van der Waals surface area contributed by atoms with Gasteiger partial charge in [0, 0.05) is 0 Å². The number of hydrazone groups is 1. The maximum Gasteiger partial charge on any atom is 0.275 e. The molecule has 1 heterocycles. The Morgan fingerprint density at radius 1 is 1.59 bits per heavy atom. The number of carbonyl (C=O) groups is 1. The van der Waals surface area contributed by atoms with Crippen molar-refractivity contribution in [2.24, 2.45) is 5.10 Å². The van der Waals surface area contributed by atoms with Gasteiger partial charge in [-0.2, -0.15) is 5.10 Å². The van der Waals surface area contributed by atoms with Crippen LogP contribution in [0.4, 0.5) is 4.39 Å². The summed E-state index contributed by atoms with van der Waals surface area (Å²) in [5.74, 6) is -1.54. The summed E-state index contributed by atoms with van der Waals surface area (Å²) in [6.45, 7) is 0. The number of thioether (sulfide) groups is 1. The molecule has 0 radical (unpaired) electrons. The van der Waals surface area contributed by atoms with Crippen LogP contribution < -0.4 is 5.43 Å². The van der Waals surface area contributed by atoms with Crippen LogP contribution in [-0.4, -0.2) is 22.7 Å². The molecule has 0 spiro atoms. The molecular formula is C8H5BrCl2FN3OS. The van der Waals surface area contributed by atoms with E-state index in [0.717, 1.165) is 0 Å². The van der Waals surface area contributed by atoms with Gasteiger partial charge in [0.15, 0.2) is 11.0 Å². The Labute approximate surface area is 119 Å². The van der Waals surface area contributed by atoms with Crippen molar-refractivity contribution in [1.82, 2.24) is 10.4 Å². The Kier molecular flexibility index (Phi) is 5.64. The zero-order valence-electron chi connectivity index (χ0n) is 8.30. The Hall–Kier alpha value is -0.370. The lowest BCUT2D eigenvalue weighted by molar-refractivity contribution is 0.0953. The van der Waals surface area contributed by atoms with Crippen molar-refractivity contribution in [2.75, 3.05) is 6.26 Å². The Bertz CT molecular complexity index is 486. The predicted octanol–water partition coefficient (Wildman–Crippen LogP) is 3.33. The molecule has 0 fully saturated rings. The fourth-order valence-corrected chi connectivity index (χ4v) is 2.30. The van der Waals surface area contributed by atoms with Gasteiger partial charge < -0.3 is 0 Å². The fraction of sp³-hybridized carbons (Fsp3) is 0.125. The molecule has 0 aliphatic carbocycles. The maximum absolute atomic E-state index is 13.4. The minimum Gasteiger partial charge on any atom is -0.267 e. The van der Waals surface area contributed by atoms with Crippen molar-refractivity contribution in [1.29, 1.82) is 0 Å². The van der Waals surface area contributed by atoms with Crippen LogP contribution in [0.1, 0.15) is 10.4 Å². The summed E-state index contributed by atoms with van der Waals surface area (Å²) in [5, 5.41) is 2.96. The molecule has 1 amide bonds. The van der Waals surface area contributed by atoms with Gasteiger partial charge in [-0.15, -0.1) is 11.8 Å². The third-order valence-electron chi connectivity index (χ3n) is 1.55. The van der Waals surface area contributed by atoms with Crippen LogP contribution in [0, 0.1) is 5.82 Å². The lowest BCUT2D eigenvalue weighted by Crippen LogP contribution is -2.19. The van der Waals surface area contributed by atoms with Gasteiger partial charge in [-0.05, 0) is 22.2 Å². The van der Waals surface area contributed by atoms with Crippen LogP contribution in [0.25, 0.3) is 0 Å². The van der Waals surface area contributed by atoms with Crippen LogP contribution in [0.3, 0.4) is 0 Å². The molecule has 0 unspecified atom stereocenters. The number of nitrogens with one attached hydrogen (secondary N) is 1. The van der Waals surface area contributed by atoms with E-state index in [0.29, 0.717) is 0 Å². The van der Waals surface area contributed by atoms with Gasteiger partial charge in [-0.25, -0.2) is 14.8 Å². The summed E-state index contributed by atoms with van der Waals surface area (Å²) in [6.07, 6.45) is 1.77. The molecule has 92 valence electrons. The van der Waals surface area contributed by atoms with Crippen molar-refractivity contribution < 1.29 is 9.18 Å².